The fourth-order valence-electron chi connectivity index (χ4n) is 3.64. The van der Waals surface area contributed by atoms with Gasteiger partial charge in [-0.25, -0.2) is 8.78 Å². The number of rotatable bonds is 6. The first kappa shape index (κ1) is 30.3. The smallest absolute Gasteiger partial charge is 0.125 e. The fourth-order valence-corrected chi connectivity index (χ4v) is 4.35. The predicted molar refractivity (Wildman–Crippen MR) is 150 cm³/mol. The summed E-state index contributed by atoms with van der Waals surface area (Å²) < 4.78 is 26.5. The summed E-state index contributed by atoms with van der Waals surface area (Å²) in [5.41, 5.74) is 14.0. The maximum absolute atomic E-state index is 13.3. The average molecular weight is 600 g/mol. The number of aliphatic hydroxyl groups is 2. The van der Waals surface area contributed by atoms with E-state index in [-0.39, 0.29) is 10.0 Å². The first-order valence-corrected chi connectivity index (χ1v) is 12.8. The van der Waals surface area contributed by atoms with E-state index in [0.717, 1.165) is 0 Å². The van der Waals surface area contributed by atoms with Crippen LogP contribution in [-0.2, 0) is 0 Å². The molecule has 200 valence electrons. The van der Waals surface area contributed by atoms with Crippen LogP contribution in [0.15, 0.2) is 84.9 Å². The third-order valence-corrected chi connectivity index (χ3v) is 6.58. The van der Waals surface area contributed by atoms with Gasteiger partial charge >= 0.3 is 0 Å². The van der Waals surface area contributed by atoms with Gasteiger partial charge in [0.15, 0.2) is 0 Å². The topological polar surface area (TPSA) is 92.5 Å². The van der Waals surface area contributed by atoms with Crippen molar-refractivity contribution in [1.29, 1.82) is 0 Å². The van der Waals surface area contributed by atoms with Crippen LogP contribution >= 0.6 is 46.4 Å². The van der Waals surface area contributed by atoms with Gasteiger partial charge in [0.2, 0.25) is 0 Å². The standard InChI is InChI=1S/2C14H12Cl2FNO/c2*15-10-3-1-8(2-4-10)13(18)14(19)9-5-11(16)7-12(17)6-9/h2*1-7,13-14,19H,18H2/t2*13-,14+/m11/s1. The molecule has 0 aliphatic carbocycles. The van der Waals surface area contributed by atoms with Gasteiger partial charge in [-0.2, -0.15) is 0 Å². The van der Waals surface area contributed by atoms with Gasteiger partial charge in [0.25, 0.3) is 0 Å². The van der Waals surface area contributed by atoms with Crippen LogP contribution in [0.3, 0.4) is 0 Å². The summed E-state index contributed by atoms with van der Waals surface area (Å²) in [7, 11) is 0. The van der Waals surface area contributed by atoms with Crippen molar-refractivity contribution < 1.29 is 19.0 Å². The summed E-state index contributed by atoms with van der Waals surface area (Å²) in [6, 6.07) is 20.0. The summed E-state index contributed by atoms with van der Waals surface area (Å²) in [4.78, 5) is 0. The molecule has 4 atom stereocenters. The van der Waals surface area contributed by atoms with Crippen LogP contribution in [0, 0.1) is 11.6 Å². The first-order chi connectivity index (χ1) is 17.9. The van der Waals surface area contributed by atoms with Crippen LogP contribution in [0.25, 0.3) is 0 Å². The molecule has 38 heavy (non-hydrogen) atoms. The average Bonchev–Trinajstić information content (AvgIpc) is 2.87. The van der Waals surface area contributed by atoms with E-state index in [4.69, 9.17) is 57.9 Å². The molecule has 0 aliphatic heterocycles. The molecule has 0 saturated heterocycles. The van der Waals surface area contributed by atoms with Crippen molar-refractivity contribution in [3.63, 3.8) is 0 Å². The zero-order chi connectivity index (χ0) is 28.0. The highest BCUT2D eigenvalue weighted by Crippen LogP contribution is 2.31. The number of hydrogen-bond acceptors (Lipinski definition) is 4. The van der Waals surface area contributed by atoms with Crippen molar-refractivity contribution in [3.8, 4) is 0 Å². The van der Waals surface area contributed by atoms with E-state index in [9.17, 15) is 19.0 Å². The molecule has 0 unspecified atom stereocenters. The van der Waals surface area contributed by atoms with Crippen molar-refractivity contribution in [2.75, 3.05) is 0 Å². The molecule has 4 rings (SSSR count). The van der Waals surface area contributed by atoms with Crippen molar-refractivity contribution in [3.05, 3.63) is 139 Å². The zero-order valence-electron chi connectivity index (χ0n) is 19.7. The van der Waals surface area contributed by atoms with Gasteiger partial charge in [-0.15, -0.1) is 0 Å². The van der Waals surface area contributed by atoms with Crippen molar-refractivity contribution in [2.24, 2.45) is 11.5 Å². The molecule has 0 fully saturated rings. The Balaban J connectivity index is 0.000000211. The van der Waals surface area contributed by atoms with Gasteiger partial charge in [-0.1, -0.05) is 70.7 Å². The SMILES string of the molecule is N[C@H](c1ccc(Cl)cc1)[C@@H](O)c1cc(F)cc(Cl)c1.N[C@H](c1ccc(Cl)cc1)[C@@H](O)c1cc(F)cc(Cl)c1. The number of nitrogens with two attached hydrogens (primary N) is 2. The second-order valence-corrected chi connectivity index (χ2v) is 10.2. The third-order valence-electron chi connectivity index (χ3n) is 5.64. The summed E-state index contributed by atoms with van der Waals surface area (Å²) in [5.74, 6) is -1.02. The highest BCUT2D eigenvalue weighted by Gasteiger charge is 2.21. The van der Waals surface area contributed by atoms with Crippen molar-refractivity contribution in [1.82, 2.24) is 0 Å². The summed E-state index contributed by atoms with van der Waals surface area (Å²) in [5, 5.41) is 22.0. The van der Waals surface area contributed by atoms with Gasteiger partial charge in [0.1, 0.15) is 11.6 Å². The number of hydrogen-bond donors (Lipinski definition) is 4. The second-order valence-electron chi connectivity index (χ2n) is 8.45. The Bertz CT molecular complexity index is 1210. The molecule has 10 heteroatoms. The molecule has 0 aliphatic rings. The van der Waals surface area contributed by atoms with E-state index in [1.54, 1.807) is 48.5 Å². The van der Waals surface area contributed by atoms with E-state index < -0.39 is 35.9 Å². The number of aliphatic hydroxyl groups excluding tert-OH is 2. The van der Waals surface area contributed by atoms with Crippen LogP contribution in [0.5, 0.6) is 0 Å². The third kappa shape index (κ3) is 8.37. The number of halogens is 6. The molecule has 0 bridgehead atoms. The van der Waals surface area contributed by atoms with Crippen molar-refractivity contribution >= 4 is 46.4 Å². The molecule has 0 radical (unpaired) electrons. The molecule has 0 spiro atoms. The molecule has 6 N–H and O–H groups in total. The molecular formula is C28H24Cl4F2N2O2. The van der Waals surface area contributed by atoms with Crippen LogP contribution < -0.4 is 11.5 Å². The molecule has 4 aromatic carbocycles. The van der Waals surface area contributed by atoms with Crippen LogP contribution in [0.2, 0.25) is 20.1 Å². The Hall–Kier alpha value is -2.26. The molecule has 0 aromatic heterocycles. The Labute approximate surface area is 239 Å². The lowest BCUT2D eigenvalue weighted by Gasteiger charge is -2.20. The summed E-state index contributed by atoms with van der Waals surface area (Å²) >= 11 is 23.1. The quantitative estimate of drug-likeness (QED) is 0.182. The van der Waals surface area contributed by atoms with E-state index in [1.807, 2.05) is 0 Å². The Morgan fingerprint density at radius 2 is 0.789 bits per heavy atom. The van der Waals surface area contributed by atoms with Gasteiger partial charge in [-0.3, -0.25) is 0 Å². The summed E-state index contributed by atoms with van der Waals surface area (Å²) in [6.45, 7) is 0. The number of benzene rings is 4. The van der Waals surface area contributed by atoms with Crippen molar-refractivity contribution in [2.45, 2.75) is 24.3 Å². The molecule has 4 aromatic rings. The van der Waals surface area contributed by atoms with Crippen LogP contribution in [-0.4, -0.2) is 10.2 Å². The normalized spacial score (nSPS) is 14.2. The van der Waals surface area contributed by atoms with Gasteiger partial charge in [-0.05, 0) is 82.9 Å². The summed E-state index contributed by atoms with van der Waals surface area (Å²) in [6.07, 6.45) is -2.09. The van der Waals surface area contributed by atoms with E-state index >= 15 is 0 Å². The zero-order valence-corrected chi connectivity index (χ0v) is 22.7. The van der Waals surface area contributed by atoms with Gasteiger partial charge in [0.05, 0.1) is 24.3 Å². The minimum absolute atomic E-state index is 0.220. The largest absolute Gasteiger partial charge is 0.386 e. The molecule has 4 nitrogen and oxygen atoms in total. The fraction of sp³-hybridized carbons (Fsp3) is 0.143. The lowest BCUT2D eigenvalue weighted by molar-refractivity contribution is 0.146. The molecule has 0 saturated carbocycles. The van der Waals surface area contributed by atoms with E-state index in [2.05, 4.69) is 0 Å². The molecular weight excluding hydrogens is 576 g/mol. The maximum atomic E-state index is 13.3. The maximum Gasteiger partial charge on any atom is 0.125 e. The minimum atomic E-state index is -1.05. The lowest BCUT2D eigenvalue weighted by atomic mass is 9.96. The van der Waals surface area contributed by atoms with E-state index in [1.165, 1.54) is 36.4 Å². The van der Waals surface area contributed by atoms with Gasteiger partial charge < -0.3 is 21.7 Å². The van der Waals surface area contributed by atoms with Crippen LogP contribution in [0.1, 0.15) is 46.5 Å². The first-order valence-electron chi connectivity index (χ1n) is 11.2. The van der Waals surface area contributed by atoms with Crippen LogP contribution in [0.4, 0.5) is 8.78 Å². The predicted octanol–water partition coefficient (Wildman–Crippen LogP) is 7.73. The molecule has 0 heterocycles. The van der Waals surface area contributed by atoms with E-state index in [0.29, 0.717) is 32.3 Å². The minimum Gasteiger partial charge on any atom is -0.386 e. The Morgan fingerprint density at radius 1 is 0.474 bits per heavy atom. The second kappa shape index (κ2) is 13.7. The Kier molecular flexibility index (Phi) is 10.9. The monoisotopic (exact) mass is 598 g/mol. The lowest BCUT2D eigenvalue weighted by Crippen LogP contribution is -2.19. The molecule has 0 amide bonds. The highest BCUT2D eigenvalue weighted by molar-refractivity contribution is 6.31. The Morgan fingerprint density at radius 3 is 1.08 bits per heavy atom. The highest BCUT2D eigenvalue weighted by atomic mass is 35.5. The van der Waals surface area contributed by atoms with Gasteiger partial charge in [0, 0.05) is 20.1 Å².